The molecule has 52 heavy (non-hydrogen) atoms. The van der Waals surface area contributed by atoms with Crippen LogP contribution in [0.3, 0.4) is 0 Å². The van der Waals surface area contributed by atoms with Gasteiger partial charge in [-0.15, -0.1) is 0 Å². The molecule has 304 valence electrons. The minimum Gasteiger partial charge on any atom is -0.462 e. The summed E-state index contributed by atoms with van der Waals surface area (Å²) >= 11 is 0. The molecular formula is C41H76NO9P. The van der Waals surface area contributed by atoms with Gasteiger partial charge in [-0.1, -0.05) is 154 Å². The highest BCUT2D eigenvalue weighted by Gasteiger charge is 2.26. The molecule has 0 saturated heterocycles. The molecule has 0 aliphatic carbocycles. The fourth-order valence-electron chi connectivity index (χ4n) is 5.67. The smallest absolute Gasteiger partial charge is 0.462 e. The summed E-state index contributed by atoms with van der Waals surface area (Å²) in [7, 11) is -4.39. The number of carbonyl (C=O) groups is 3. The van der Waals surface area contributed by atoms with Gasteiger partial charge in [0.2, 0.25) is 0 Å². The van der Waals surface area contributed by atoms with E-state index in [1.54, 1.807) is 6.08 Å². The Balaban J connectivity index is 4.23. The van der Waals surface area contributed by atoms with Gasteiger partial charge < -0.3 is 20.1 Å². The number of hydrogen-bond acceptors (Lipinski definition) is 9. The second-order valence-corrected chi connectivity index (χ2v) is 15.4. The molecule has 0 rings (SSSR count). The van der Waals surface area contributed by atoms with Crippen LogP contribution in [0.5, 0.6) is 0 Å². The number of nitrogens with two attached hydrogens (primary N) is 1. The molecule has 0 spiro atoms. The zero-order valence-corrected chi connectivity index (χ0v) is 33.9. The summed E-state index contributed by atoms with van der Waals surface area (Å²) in [6.45, 7) is 3.53. The summed E-state index contributed by atoms with van der Waals surface area (Å²) in [6, 6.07) is 0. The van der Waals surface area contributed by atoms with Crippen molar-refractivity contribution in [2.24, 2.45) is 5.73 Å². The fraction of sp³-hybridized carbons (Fsp3) is 0.829. The summed E-state index contributed by atoms with van der Waals surface area (Å²) in [5.41, 5.74) is 5.33. The van der Waals surface area contributed by atoms with Gasteiger partial charge >= 0.3 is 19.8 Å². The third-order valence-corrected chi connectivity index (χ3v) is 9.80. The van der Waals surface area contributed by atoms with Crippen molar-refractivity contribution in [2.75, 3.05) is 26.4 Å². The van der Waals surface area contributed by atoms with Crippen molar-refractivity contribution < 1.29 is 42.4 Å². The van der Waals surface area contributed by atoms with E-state index >= 15 is 0 Å². The fourth-order valence-corrected chi connectivity index (χ4v) is 6.44. The van der Waals surface area contributed by atoms with Crippen molar-refractivity contribution in [3.8, 4) is 0 Å². The SMILES string of the molecule is CCCCCCCCCCCCCCCCCC(=O)OC[C@H](COP(=O)(O)OCCN)OC(=O)CCCCCCC/C=C\C=C\C(=O)CCCCC. The van der Waals surface area contributed by atoms with E-state index in [-0.39, 0.29) is 38.4 Å². The molecule has 2 atom stereocenters. The van der Waals surface area contributed by atoms with Gasteiger partial charge in [0, 0.05) is 25.8 Å². The van der Waals surface area contributed by atoms with E-state index in [9.17, 15) is 23.8 Å². The molecule has 1 unspecified atom stereocenters. The van der Waals surface area contributed by atoms with Crippen LogP contribution in [0.15, 0.2) is 24.3 Å². The maximum Gasteiger partial charge on any atom is 0.472 e. The molecule has 0 bridgehead atoms. The highest BCUT2D eigenvalue weighted by molar-refractivity contribution is 7.47. The minimum absolute atomic E-state index is 0.0404. The molecule has 0 aromatic rings. The largest absolute Gasteiger partial charge is 0.472 e. The Hall–Kier alpha value is -1.84. The van der Waals surface area contributed by atoms with Crippen LogP contribution >= 0.6 is 7.82 Å². The quantitative estimate of drug-likeness (QED) is 0.0204. The van der Waals surface area contributed by atoms with Gasteiger partial charge in [-0.3, -0.25) is 23.4 Å². The highest BCUT2D eigenvalue weighted by Crippen LogP contribution is 2.43. The first-order valence-corrected chi connectivity index (χ1v) is 22.3. The summed E-state index contributed by atoms with van der Waals surface area (Å²) in [4.78, 5) is 46.5. The van der Waals surface area contributed by atoms with Gasteiger partial charge in [-0.2, -0.15) is 0 Å². The second-order valence-electron chi connectivity index (χ2n) is 13.9. The Morgan fingerprint density at radius 1 is 0.615 bits per heavy atom. The van der Waals surface area contributed by atoms with Gasteiger partial charge in [-0.25, -0.2) is 4.57 Å². The van der Waals surface area contributed by atoms with Crippen molar-refractivity contribution in [3.63, 3.8) is 0 Å². The van der Waals surface area contributed by atoms with Gasteiger partial charge in [-0.05, 0) is 38.2 Å². The predicted octanol–water partition coefficient (Wildman–Crippen LogP) is 10.8. The zero-order chi connectivity index (χ0) is 38.4. The lowest BCUT2D eigenvalue weighted by Gasteiger charge is -2.19. The van der Waals surface area contributed by atoms with Crippen LogP contribution < -0.4 is 5.73 Å². The average Bonchev–Trinajstić information content (AvgIpc) is 3.12. The van der Waals surface area contributed by atoms with Gasteiger partial charge in [0.15, 0.2) is 11.9 Å². The lowest BCUT2D eigenvalue weighted by Crippen LogP contribution is -2.29. The van der Waals surface area contributed by atoms with Crippen LogP contribution in [-0.4, -0.2) is 55.1 Å². The van der Waals surface area contributed by atoms with Crippen LogP contribution in [0, 0.1) is 0 Å². The Morgan fingerprint density at radius 2 is 1.10 bits per heavy atom. The molecule has 0 heterocycles. The molecule has 11 heteroatoms. The molecule has 0 saturated carbocycles. The van der Waals surface area contributed by atoms with Crippen molar-refractivity contribution in [1.29, 1.82) is 0 Å². The molecule has 10 nitrogen and oxygen atoms in total. The van der Waals surface area contributed by atoms with E-state index in [1.807, 2.05) is 12.2 Å². The number of esters is 2. The maximum atomic E-state index is 12.5. The normalized spacial score (nSPS) is 13.5. The summed E-state index contributed by atoms with van der Waals surface area (Å²) in [5.74, 6) is -0.710. The topological polar surface area (TPSA) is 151 Å². The van der Waals surface area contributed by atoms with Crippen molar-refractivity contribution in [1.82, 2.24) is 0 Å². The number of ether oxygens (including phenoxy) is 2. The van der Waals surface area contributed by atoms with E-state index < -0.39 is 32.5 Å². The molecule has 0 fully saturated rings. The van der Waals surface area contributed by atoms with E-state index in [1.165, 1.54) is 77.0 Å². The molecule has 0 aromatic carbocycles. The number of allylic oxidation sites excluding steroid dienone is 4. The Kier molecular flexibility index (Phi) is 36.1. The number of unbranched alkanes of at least 4 members (excludes halogenated alkanes) is 21. The number of rotatable bonds is 39. The summed E-state index contributed by atoms with van der Waals surface area (Å²) < 4.78 is 32.7. The standard InChI is InChI=1S/C41H76NO9P/c1-3-5-7-8-9-10-11-12-13-14-15-18-21-24-28-32-40(44)48-36-39(37-50-52(46,47)49-35-34-42)51-41(45)33-29-25-22-19-16-17-20-23-27-31-38(43)30-26-6-4-2/h20,23,27,31,39H,3-19,21-22,24-26,28-30,32-37,42H2,1-2H3,(H,46,47)/b23-20-,31-27+/t39-/m1/s1. The van der Waals surface area contributed by atoms with Gasteiger partial charge in [0.1, 0.15) is 6.61 Å². The minimum atomic E-state index is -4.39. The summed E-state index contributed by atoms with van der Waals surface area (Å²) in [5, 5.41) is 0. The van der Waals surface area contributed by atoms with Crippen molar-refractivity contribution in [3.05, 3.63) is 24.3 Å². The van der Waals surface area contributed by atoms with Crippen LogP contribution in [-0.2, 0) is 37.5 Å². The summed E-state index contributed by atoms with van der Waals surface area (Å²) in [6.07, 6.45) is 34.7. The molecular weight excluding hydrogens is 681 g/mol. The van der Waals surface area contributed by atoms with Crippen molar-refractivity contribution in [2.45, 2.75) is 193 Å². The number of ketones is 1. The first kappa shape index (κ1) is 50.2. The van der Waals surface area contributed by atoms with Gasteiger partial charge in [0.25, 0.3) is 0 Å². The third-order valence-electron chi connectivity index (χ3n) is 8.82. The average molecular weight is 758 g/mol. The van der Waals surface area contributed by atoms with Crippen LogP contribution in [0.4, 0.5) is 0 Å². The zero-order valence-electron chi connectivity index (χ0n) is 33.0. The molecule has 0 aliphatic rings. The lowest BCUT2D eigenvalue weighted by molar-refractivity contribution is -0.161. The first-order chi connectivity index (χ1) is 25.2. The Morgan fingerprint density at radius 3 is 1.65 bits per heavy atom. The molecule has 0 radical (unpaired) electrons. The molecule has 3 N–H and O–H groups in total. The molecule has 0 aliphatic heterocycles. The highest BCUT2D eigenvalue weighted by atomic mass is 31.2. The lowest BCUT2D eigenvalue weighted by atomic mass is 10.0. The Labute approximate surface area is 317 Å². The van der Waals surface area contributed by atoms with E-state index in [0.29, 0.717) is 12.8 Å². The number of carbonyl (C=O) groups excluding carboxylic acids is 3. The van der Waals surface area contributed by atoms with Crippen LogP contribution in [0.25, 0.3) is 0 Å². The predicted molar refractivity (Wildman–Crippen MR) is 211 cm³/mol. The maximum absolute atomic E-state index is 12.5. The number of hydrogen-bond donors (Lipinski definition) is 2. The number of phosphoric ester groups is 1. The first-order valence-electron chi connectivity index (χ1n) is 20.8. The Bertz CT molecular complexity index is 972. The van der Waals surface area contributed by atoms with Crippen LogP contribution in [0.2, 0.25) is 0 Å². The van der Waals surface area contributed by atoms with Gasteiger partial charge in [0.05, 0.1) is 13.2 Å². The molecule has 0 aromatic heterocycles. The third kappa shape index (κ3) is 36.5. The van der Waals surface area contributed by atoms with E-state index in [0.717, 1.165) is 70.6 Å². The van der Waals surface area contributed by atoms with Crippen molar-refractivity contribution >= 4 is 25.5 Å². The van der Waals surface area contributed by atoms with Crippen LogP contribution in [0.1, 0.15) is 187 Å². The molecule has 0 amide bonds. The second kappa shape index (κ2) is 37.5. The van der Waals surface area contributed by atoms with E-state index in [2.05, 4.69) is 19.9 Å². The number of phosphoric acid groups is 1. The van der Waals surface area contributed by atoms with E-state index in [4.69, 9.17) is 24.3 Å². The monoisotopic (exact) mass is 758 g/mol.